The molecule has 0 spiro atoms. The van der Waals surface area contributed by atoms with Crippen LogP contribution < -0.4 is 10.6 Å². The van der Waals surface area contributed by atoms with E-state index in [4.69, 9.17) is 4.74 Å². The Hall–Kier alpha value is -4.14. The fourth-order valence-corrected chi connectivity index (χ4v) is 5.09. The number of carbonyl (C=O) groups excluding carboxylic acids is 2. The number of hydrogen-bond acceptors (Lipinski definition) is 5. The number of aliphatic carboxylic acids is 1. The van der Waals surface area contributed by atoms with Crippen molar-refractivity contribution in [1.29, 1.82) is 0 Å². The van der Waals surface area contributed by atoms with Crippen LogP contribution in [0.3, 0.4) is 0 Å². The first kappa shape index (κ1) is 22.6. The highest BCUT2D eigenvalue weighted by Crippen LogP contribution is 2.44. The summed E-state index contributed by atoms with van der Waals surface area (Å²) in [4.78, 5) is 36.5. The second-order valence-corrected chi connectivity index (χ2v) is 8.93. The number of amides is 2. The van der Waals surface area contributed by atoms with E-state index < -0.39 is 29.9 Å². The van der Waals surface area contributed by atoms with Gasteiger partial charge in [0.1, 0.15) is 12.3 Å². The quantitative estimate of drug-likeness (QED) is 0.424. The van der Waals surface area contributed by atoms with Crippen LogP contribution in [0.4, 0.5) is 10.6 Å². The molecule has 3 aromatic rings. The molecule has 0 radical (unpaired) electrons. The normalized spacial score (nSPS) is 18.9. The molecule has 0 unspecified atom stereocenters. The van der Waals surface area contributed by atoms with Crippen molar-refractivity contribution < 1.29 is 24.2 Å². The van der Waals surface area contributed by atoms with Gasteiger partial charge in [0, 0.05) is 18.0 Å². The van der Waals surface area contributed by atoms with E-state index in [1.165, 1.54) is 6.07 Å². The molecule has 1 fully saturated rings. The Bertz CT molecular complexity index is 1220. The van der Waals surface area contributed by atoms with Crippen LogP contribution in [-0.4, -0.2) is 45.9 Å². The van der Waals surface area contributed by atoms with E-state index in [2.05, 4.69) is 33.0 Å². The second-order valence-electron chi connectivity index (χ2n) is 8.93. The average Bonchev–Trinajstić information content (AvgIpc) is 3.46. The first-order valence-corrected chi connectivity index (χ1v) is 11.7. The molecule has 1 heterocycles. The number of hydrogen-bond donors (Lipinski definition) is 4. The van der Waals surface area contributed by atoms with Gasteiger partial charge in [0.2, 0.25) is 0 Å². The lowest BCUT2D eigenvalue weighted by Gasteiger charge is -2.28. The standard InChI is InChI=1S/C26H26N4O5/c31-24(27-21-12-6-5-11-19(21)25(32)33)22-13-23(30-29-22)28-26(34)35-14-20-17-9-3-1-7-15(17)16-8-2-4-10-18(16)20/h1-4,7-10,13,19-21H,5-6,11-12,14H2,(H,27,31)(H,32,33)(H2,28,29,30,34)/t19-,21+/m1/s1. The first-order valence-electron chi connectivity index (χ1n) is 11.7. The van der Waals surface area contributed by atoms with Crippen LogP contribution in [0.1, 0.15) is 53.2 Å². The fourth-order valence-electron chi connectivity index (χ4n) is 5.09. The molecule has 9 heteroatoms. The molecule has 35 heavy (non-hydrogen) atoms. The number of aromatic amines is 1. The van der Waals surface area contributed by atoms with E-state index in [1.54, 1.807) is 0 Å². The fraction of sp³-hybridized carbons (Fsp3) is 0.308. The minimum atomic E-state index is -0.905. The van der Waals surface area contributed by atoms with Gasteiger partial charge in [-0.25, -0.2) is 4.79 Å². The number of ether oxygens (including phenoxy) is 1. The second kappa shape index (κ2) is 9.61. The van der Waals surface area contributed by atoms with Crippen molar-refractivity contribution in [3.05, 3.63) is 71.4 Å². The number of aromatic nitrogens is 2. The zero-order valence-electron chi connectivity index (χ0n) is 19.0. The number of carbonyl (C=O) groups is 3. The summed E-state index contributed by atoms with van der Waals surface area (Å²) in [5.41, 5.74) is 4.64. The Kier molecular flexibility index (Phi) is 6.22. The molecule has 180 valence electrons. The zero-order chi connectivity index (χ0) is 24.4. The van der Waals surface area contributed by atoms with Gasteiger partial charge in [-0.05, 0) is 35.1 Å². The topological polar surface area (TPSA) is 133 Å². The van der Waals surface area contributed by atoms with E-state index >= 15 is 0 Å². The number of carboxylic acids is 1. The van der Waals surface area contributed by atoms with Gasteiger partial charge in [-0.2, -0.15) is 5.10 Å². The van der Waals surface area contributed by atoms with Gasteiger partial charge < -0.3 is 15.2 Å². The van der Waals surface area contributed by atoms with Crippen molar-refractivity contribution in [3.8, 4) is 11.1 Å². The number of fused-ring (bicyclic) bond motifs is 3. The molecule has 2 aromatic carbocycles. The lowest BCUT2D eigenvalue weighted by Crippen LogP contribution is -2.45. The molecule has 0 aliphatic heterocycles. The van der Waals surface area contributed by atoms with Crippen LogP contribution in [0.25, 0.3) is 11.1 Å². The van der Waals surface area contributed by atoms with Gasteiger partial charge >= 0.3 is 12.1 Å². The lowest BCUT2D eigenvalue weighted by molar-refractivity contribution is -0.143. The van der Waals surface area contributed by atoms with E-state index in [0.29, 0.717) is 12.8 Å². The number of carboxylic acid groups (broad SMARTS) is 1. The van der Waals surface area contributed by atoms with Gasteiger partial charge in [-0.3, -0.25) is 20.0 Å². The molecular formula is C26H26N4O5. The van der Waals surface area contributed by atoms with Crippen molar-refractivity contribution in [3.63, 3.8) is 0 Å². The van der Waals surface area contributed by atoms with Crippen LogP contribution in [-0.2, 0) is 9.53 Å². The minimum Gasteiger partial charge on any atom is -0.481 e. The molecule has 1 saturated carbocycles. The maximum absolute atomic E-state index is 12.6. The molecule has 4 N–H and O–H groups in total. The maximum Gasteiger partial charge on any atom is 0.412 e. The SMILES string of the molecule is O=C(Nc1cc(C(=O)N[C@H]2CCCC[C@H]2C(=O)O)[nH]n1)OCC1c2ccccc2-c2ccccc21. The summed E-state index contributed by atoms with van der Waals surface area (Å²) >= 11 is 0. The smallest absolute Gasteiger partial charge is 0.412 e. The van der Waals surface area contributed by atoms with Crippen LogP contribution in [0, 0.1) is 5.92 Å². The Morgan fingerprint density at radius 3 is 2.34 bits per heavy atom. The highest BCUT2D eigenvalue weighted by molar-refractivity contribution is 5.94. The van der Waals surface area contributed by atoms with Crippen molar-refractivity contribution in [1.82, 2.24) is 15.5 Å². The van der Waals surface area contributed by atoms with Crippen LogP contribution in [0.5, 0.6) is 0 Å². The summed E-state index contributed by atoms with van der Waals surface area (Å²) in [6.07, 6.45) is 2.18. The summed E-state index contributed by atoms with van der Waals surface area (Å²) < 4.78 is 5.51. The number of nitrogens with zero attached hydrogens (tertiary/aromatic N) is 1. The van der Waals surface area contributed by atoms with Crippen molar-refractivity contribution in [2.24, 2.45) is 5.92 Å². The van der Waals surface area contributed by atoms with Crippen LogP contribution in [0.15, 0.2) is 54.6 Å². The molecular weight excluding hydrogens is 448 g/mol. The van der Waals surface area contributed by atoms with Crippen molar-refractivity contribution >= 4 is 23.8 Å². The third-order valence-electron chi connectivity index (χ3n) is 6.80. The molecule has 2 aliphatic rings. The average molecular weight is 475 g/mol. The van der Waals surface area contributed by atoms with Gasteiger partial charge in [0.15, 0.2) is 5.82 Å². The third kappa shape index (κ3) is 4.62. The summed E-state index contributed by atoms with van der Waals surface area (Å²) in [5, 5.41) is 21.3. The zero-order valence-corrected chi connectivity index (χ0v) is 19.0. The highest BCUT2D eigenvalue weighted by atomic mass is 16.5. The Balaban J connectivity index is 1.19. The van der Waals surface area contributed by atoms with E-state index in [-0.39, 0.29) is 24.0 Å². The van der Waals surface area contributed by atoms with E-state index in [9.17, 15) is 19.5 Å². The third-order valence-corrected chi connectivity index (χ3v) is 6.80. The number of H-pyrrole nitrogens is 1. The summed E-state index contributed by atoms with van der Waals surface area (Å²) in [5.74, 6) is -1.89. The van der Waals surface area contributed by atoms with E-state index in [1.807, 2.05) is 36.4 Å². The largest absolute Gasteiger partial charge is 0.481 e. The molecule has 0 saturated heterocycles. The molecule has 2 amide bonds. The molecule has 9 nitrogen and oxygen atoms in total. The number of rotatable bonds is 6. The summed E-state index contributed by atoms with van der Waals surface area (Å²) in [7, 11) is 0. The van der Waals surface area contributed by atoms with Crippen LogP contribution >= 0.6 is 0 Å². The number of nitrogens with one attached hydrogen (secondary N) is 3. The Labute approximate surface area is 201 Å². The molecule has 1 aromatic heterocycles. The van der Waals surface area contributed by atoms with Crippen LogP contribution in [0.2, 0.25) is 0 Å². The van der Waals surface area contributed by atoms with Gasteiger partial charge in [0.05, 0.1) is 5.92 Å². The Morgan fingerprint density at radius 2 is 1.66 bits per heavy atom. The number of benzene rings is 2. The lowest BCUT2D eigenvalue weighted by atomic mass is 9.84. The van der Waals surface area contributed by atoms with E-state index in [0.717, 1.165) is 35.1 Å². The first-order chi connectivity index (χ1) is 17.0. The molecule has 2 aliphatic carbocycles. The molecule has 2 atom stereocenters. The van der Waals surface area contributed by atoms with Gasteiger partial charge in [-0.1, -0.05) is 61.4 Å². The number of anilines is 1. The summed E-state index contributed by atoms with van der Waals surface area (Å²) in [6, 6.07) is 17.1. The Morgan fingerprint density at radius 1 is 1.00 bits per heavy atom. The van der Waals surface area contributed by atoms with Crippen molar-refractivity contribution in [2.45, 2.75) is 37.6 Å². The van der Waals surface area contributed by atoms with Gasteiger partial charge in [-0.15, -0.1) is 0 Å². The predicted octanol–water partition coefficient (Wildman–Crippen LogP) is 4.14. The van der Waals surface area contributed by atoms with Crippen molar-refractivity contribution in [2.75, 3.05) is 11.9 Å². The molecule has 0 bridgehead atoms. The summed E-state index contributed by atoms with van der Waals surface area (Å²) in [6.45, 7) is 0.163. The maximum atomic E-state index is 12.6. The predicted molar refractivity (Wildman–Crippen MR) is 128 cm³/mol. The minimum absolute atomic E-state index is 0.0636. The molecule has 5 rings (SSSR count). The monoisotopic (exact) mass is 474 g/mol. The van der Waals surface area contributed by atoms with Gasteiger partial charge in [0.25, 0.3) is 5.91 Å². The highest BCUT2D eigenvalue weighted by Gasteiger charge is 2.32.